The summed E-state index contributed by atoms with van der Waals surface area (Å²) in [5.41, 5.74) is 2.52. The van der Waals surface area contributed by atoms with Crippen LogP contribution < -0.4 is 5.32 Å². The smallest absolute Gasteiger partial charge is 0.317 e. The summed E-state index contributed by atoms with van der Waals surface area (Å²) in [7, 11) is 1.82. The van der Waals surface area contributed by atoms with E-state index in [1.54, 1.807) is 0 Å². The van der Waals surface area contributed by atoms with E-state index in [2.05, 4.69) is 24.4 Å². The number of rotatable bonds is 7. The molecule has 1 aromatic carbocycles. The molecule has 1 rings (SSSR count). The molecule has 0 saturated carbocycles. The summed E-state index contributed by atoms with van der Waals surface area (Å²) >= 11 is 0. The van der Waals surface area contributed by atoms with Crippen molar-refractivity contribution in [2.45, 2.75) is 51.2 Å². The maximum Gasteiger partial charge on any atom is 0.389 e. The zero-order chi connectivity index (χ0) is 14.3. The van der Waals surface area contributed by atoms with Gasteiger partial charge >= 0.3 is 6.18 Å². The molecule has 1 unspecified atom stereocenters. The second-order valence-corrected chi connectivity index (χ2v) is 4.96. The highest BCUT2D eigenvalue weighted by Gasteiger charge is 2.26. The van der Waals surface area contributed by atoms with Crippen molar-refractivity contribution >= 4 is 0 Å². The Morgan fingerprint density at radius 3 is 2.42 bits per heavy atom. The Kier molecular flexibility index (Phi) is 6.35. The number of halogens is 3. The molecule has 1 N–H and O–H groups in total. The monoisotopic (exact) mass is 273 g/mol. The van der Waals surface area contributed by atoms with Gasteiger partial charge in [0.25, 0.3) is 0 Å². The Labute approximate surface area is 113 Å². The van der Waals surface area contributed by atoms with Gasteiger partial charge in [-0.2, -0.15) is 13.2 Å². The zero-order valence-corrected chi connectivity index (χ0v) is 11.6. The number of alkyl halides is 3. The predicted molar refractivity (Wildman–Crippen MR) is 72.3 cm³/mol. The average molecular weight is 273 g/mol. The van der Waals surface area contributed by atoms with Crippen molar-refractivity contribution in [1.29, 1.82) is 0 Å². The quantitative estimate of drug-likeness (QED) is 0.783. The third-order valence-electron chi connectivity index (χ3n) is 3.44. The summed E-state index contributed by atoms with van der Waals surface area (Å²) in [6, 6.07) is 8.30. The minimum Gasteiger partial charge on any atom is -0.317 e. The number of aryl methyl sites for hydroxylation is 2. The van der Waals surface area contributed by atoms with Gasteiger partial charge in [0.1, 0.15) is 0 Å². The van der Waals surface area contributed by atoms with E-state index in [9.17, 15) is 13.2 Å². The molecular formula is C15H22F3N. The average Bonchev–Trinajstić information content (AvgIpc) is 2.34. The van der Waals surface area contributed by atoms with E-state index >= 15 is 0 Å². The van der Waals surface area contributed by atoms with Crippen LogP contribution in [0.25, 0.3) is 0 Å². The van der Waals surface area contributed by atoms with Crippen LogP contribution in [0.4, 0.5) is 13.2 Å². The molecule has 0 aliphatic heterocycles. The SMILES string of the molecule is CNC(CCCC(F)(F)F)CCc1ccccc1C. The largest absolute Gasteiger partial charge is 0.389 e. The van der Waals surface area contributed by atoms with E-state index in [1.807, 2.05) is 19.2 Å². The zero-order valence-electron chi connectivity index (χ0n) is 11.6. The summed E-state index contributed by atoms with van der Waals surface area (Å²) < 4.78 is 36.3. The van der Waals surface area contributed by atoms with Gasteiger partial charge < -0.3 is 5.32 Å². The lowest BCUT2D eigenvalue weighted by Gasteiger charge is -2.17. The second-order valence-electron chi connectivity index (χ2n) is 4.96. The summed E-state index contributed by atoms with van der Waals surface area (Å²) in [6.07, 6.45) is -2.17. The first kappa shape index (κ1) is 16.0. The lowest BCUT2D eigenvalue weighted by atomic mass is 9.98. The molecule has 0 saturated heterocycles. The fourth-order valence-corrected chi connectivity index (χ4v) is 2.20. The Hall–Kier alpha value is -1.03. The van der Waals surface area contributed by atoms with Crippen molar-refractivity contribution in [3.05, 3.63) is 35.4 Å². The summed E-state index contributed by atoms with van der Waals surface area (Å²) in [6.45, 7) is 2.06. The van der Waals surface area contributed by atoms with E-state index < -0.39 is 12.6 Å². The second kappa shape index (κ2) is 7.53. The Bertz CT molecular complexity index is 374. The molecule has 0 radical (unpaired) electrons. The molecule has 1 atom stereocenters. The van der Waals surface area contributed by atoms with Crippen LogP contribution in [0.15, 0.2) is 24.3 Å². The number of nitrogens with one attached hydrogen (secondary N) is 1. The summed E-state index contributed by atoms with van der Waals surface area (Å²) in [5, 5.41) is 3.11. The molecule has 0 fully saturated rings. The van der Waals surface area contributed by atoms with Gasteiger partial charge in [0.2, 0.25) is 0 Å². The summed E-state index contributed by atoms with van der Waals surface area (Å²) in [4.78, 5) is 0. The minimum absolute atomic E-state index is 0.155. The third-order valence-corrected chi connectivity index (χ3v) is 3.44. The molecular weight excluding hydrogens is 251 g/mol. The maximum absolute atomic E-state index is 12.1. The first-order chi connectivity index (χ1) is 8.92. The van der Waals surface area contributed by atoms with Crippen LogP contribution in [0, 0.1) is 6.92 Å². The molecule has 1 aromatic rings. The molecule has 4 heteroatoms. The topological polar surface area (TPSA) is 12.0 Å². The maximum atomic E-state index is 12.1. The van der Waals surface area contributed by atoms with Gasteiger partial charge in [0.15, 0.2) is 0 Å². The molecule has 108 valence electrons. The van der Waals surface area contributed by atoms with Gasteiger partial charge in [0.05, 0.1) is 0 Å². The molecule has 19 heavy (non-hydrogen) atoms. The molecule has 0 bridgehead atoms. The normalized spacial score (nSPS) is 13.5. The summed E-state index contributed by atoms with van der Waals surface area (Å²) in [5.74, 6) is 0. The van der Waals surface area contributed by atoms with E-state index in [4.69, 9.17) is 0 Å². The van der Waals surface area contributed by atoms with Gasteiger partial charge in [-0.05, 0) is 50.8 Å². The Morgan fingerprint density at radius 2 is 1.84 bits per heavy atom. The fourth-order valence-electron chi connectivity index (χ4n) is 2.20. The minimum atomic E-state index is -4.03. The van der Waals surface area contributed by atoms with E-state index in [-0.39, 0.29) is 12.5 Å². The number of hydrogen-bond acceptors (Lipinski definition) is 1. The molecule has 0 heterocycles. The van der Waals surface area contributed by atoms with E-state index in [0.29, 0.717) is 6.42 Å². The first-order valence-corrected chi connectivity index (χ1v) is 6.71. The lowest BCUT2D eigenvalue weighted by molar-refractivity contribution is -0.135. The molecule has 0 aliphatic carbocycles. The van der Waals surface area contributed by atoms with E-state index in [1.165, 1.54) is 11.1 Å². The van der Waals surface area contributed by atoms with Crippen LogP contribution >= 0.6 is 0 Å². The van der Waals surface area contributed by atoms with Crippen LogP contribution in [0.5, 0.6) is 0 Å². The standard InChI is InChI=1S/C15H22F3N/c1-12-6-3-4-7-13(12)9-10-14(19-2)8-5-11-15(16,17)18/h3-4,6-7,14,19H,5,8-11H2,1-2H3. The predicted octanol–water partition coefficient (Wildman–Crippen LogP) is 4.25. The fraction of sp³-hybridized carbons (Fsp3) is 0.600. The number of benzene rings is 1. The van der Waals surface area contributed by atoms with Crippen molar-refractivity contribution in [2.75, 3.05) is 7.05 Å². The van der Waals surface area contributed by atoms with Crippen molar-refractivity contribution in [2.24, 2.45) is 0 Å². The van der Waals surface area contributed by atoms with Crippen molar-refractivity contribution < 1.29 is 13.2 Å². The lowest BCUT2D eigenvalue weighted by Crippen LogP contribution is -2.26. The van der Waals surface area contributed by atoms with Gasteiger partial charge in [-0.1, -0.05) is 24.3 Å². The van der Waals surface area contributed by atoms with Crippen LogP contribution in [0.1, 0.15) is 36.8 Å². The Morgan fingerprint density at radius 1 is 1.16 bits per heavy atom. The molecule has 0 spiro atoms. The molecule has 1 nitrogen and oxygen atoms in total. The molecule has 0 amide bonds. The molecule has 0 aromatic heterocycles. The third kappa shape index (κ3) is 6.62. The van der Waals surface area contributed by atoms with E-state index in [0.717, 1.165) is 12.8 Å². The highest BCUT2D eigenvalue weighted by Crippen LogP contribution is 2.23. The Balaban J connectivity index is 2.35. The van der Waals surface area contributed by atoms with Crippen LogP contribution in [-0.2, 0) is 6.42 Å². The first-order valence-electron chi connectivity index (χ1n) is 6.71. The highest BCUT2D eigenvalue weighted by atomic mass is 19.4. The number of hydrogen-bond donors (Lipinski definition) is 1. The highest BCUT2D eigenvalue weighted by molar-refractivity contribution is 5.25. The van der Waals surface area contributed by atoms with Crippen LogP contribution in [-0.4, -0.2) is 19.3 Å². The van der Waals surface area contributed by atoms with Gasteiger partial charge in [0, 0.05) is 12.5 Å². The van der Waals surface area contributed by atoms with Crippen molar-refractivity contribution in [3.63, 3.8) is 0 Å². The van der Waals surface area contributed by atoms with Crippen LogP contribution in [0.3, 0.4) is 0 Å². The van der Waals surface area contributed by atoms with Gasteiger partial charge in [-0.25, -0.2) is 0 Å². The van der Waals surface area contributed by atoms with Crippen molar-refractivity contribution in [1.82, 2.24) is 5.32 Å². The van der Waals surface area contributed by atoms with Crippen molar-refractivity contribution in [3.8, 4) is 0 Å². The molecule has 0 aliphatic rings. The van der Waals surface area contributed by atoms with Gasteiger partial charge in [-0.15, -0.1) is 0 Å². The van der Waals surface area contributed by atoms with Gasteiger partial charge in [-0.3, -0.25) is 0 Å². The van der Waals surface area contributed by atoms with Crippen LogP contribution in [0.2, 0.25) is 0 Å².